The molecule has 2 fully saturated rings. The Balaban J connectivity index is 1.78. The number of amides is 3. The van der Waals surface area contributed by atoms with Crippen LogP contribution in [0, 0.1) is 22.0 Å². The average Bonchev–Trinajstić information content (AvgIpc) is 3.02. The normalized spacial score (nSPS) is 24.5. The number of alkyl halides is 2. The number of nitro groups is 1. The fourth-order valence-electron chi connectivity index (χ4n) is 4.29. The maximum absolute atomic E-state index is 13.6. The molecule has 4 atom stereocenters. The Labute approximate surface area is 211 Å². The lowest BCUT2D eigenvalue weighted by Gasteiger charge is -2.30. The molecule has 0 bridgehead atoms. The van der Waals surface area contributed by atoms with Gasteiger partial charge in [-0.3, -0.25) is 24.5 Å². The molecule has 0 N–H and O–H groups in total. The highest BCUT2D eigenvalue weighted by molar-refractivity contribution is 9.12. The van der Waals surface area contributed by atoms with Crippen molar-refractivity contribution < 1.29 is 19.3 Å². The summed E-state index contributed by atoms with van der Waals surface area (Å²) in [5.41, 5.74) is -0.135. The van der Waals surface area contributed by atoms with Gasteiger partial charge in [0, 0.05) is 20.7 Å². The smallest absolute Gasteiger partial charge is 0.272 e. The summed E-state index contributed by atoms with van der Waals surface area (Å²) < 4.78 is 0. The van der Waals surface area contributed by atoms with Crippen molar-refractivity contribution >= 4 is 66.9 Å². The van der Waals surface area contributed by atoms with Gasteiger partial charge in [0.05, 0.1) is 23.3 Å². The van der Waals surface area contributed by atoms with E-state index in [-0.39, 0.29) is 21.8 Å². The molecule has 2 aromatic carbocycles. The van der Waals surface area contributed by atoms with Crippen LogP contribution in [-0.2, 0) is 16.1 Å². The van der Waals surface area contributed by atoms with Crippen LogP contribution in [0.5, 0.6) is 0 Å². The van der Waals surface area contributed by atoms with E-state index in [1.54, 1.807) is 24.3 Å². The molecule has 2 aliphatic rings. The maximum Gasteiger partial charge on any atom is 0.282 e. The van der Waals surface area contributed by atoms with E-state index in [9.17, 15) is 24.5 Å². The number of hydrogen-bond donors (Lipinski definition) is 0. The monoisotopic (exact) mass is 597 g/mol. The lowest BCUT2D eigenvalue weighted by atomic mass is 9.81. The lowest BCUT2D eigenvalue weighted by molar-refractivity contribution is -0.385. The third-order valence-electron chi connectivity index (χ3n) is 5.97. The van der Waals surface area contributed by atoms with Crippen molar-refractivity contribution in [3.8, 4) is 0 Å². The van der Waals surface area contributed by atoms with Gasteiger partial charge >= 0.3 is 0 Å². The van der Waals surface area contributed by atoms with Crippen LogP contribution < -0.4 is 0 Å². The van der Waals surface area contributed by atoms with E-state index in [1.807, 2.05) is 0 Å². The van der Waals surface area contributed by atoms with Gasteiger partial charge in [0.1, 0.15) is 5.56 Å². The van der Waals surface area contributed by atoms with E-state index in [0.29, 0.717) is 23.4 Å². The standard InChI is InChI=1S/C22H18Br2ClN3O5/c23-16-9-14-15(10-17(16)24)22(31)27(21(14)30)26(11-12-5-1-3-7-18(12)25)20(29)13-6-2-4-8-19(13)28(32)33/h1-8,14-17H,9-11H2/t14-,15+,16+,17-. The van der Waals surface area contributed by atoms with Gasteiger partial charge in [0.2, 0.25) is 0 Å². The Bertz CT molecular complexity index is 1120. The van der Waals surface area contributed by atoms with Crippen molar-refractivity contribution in [2.75, 3.05) is 0 Å². The second-order valence-electron chi connectivity index (χ2n) is 7.93. The minimum absolute atomic E-state index is 0.00150. The Morgan fingerprint density at radius 2 is 1.58 bits per heavy atom. The zero-order valence-corrected chi connectivity index (χ0v) is 21.0. The zero-order valence-electron chi connectivity index (χ0n) is 17.1. The predicted molar refractivity (Wildman–Crippen MR) is 128 cm³/mol. The number of rotatable bonds is 5. The third kappa shape index (κ3) is 4.43. The van der Waals surface area contributed by atoms with Crippen LogP contribution in [0.15, 0.2) is 48.5 Å². The first-order valence-corrected chi connectivity index (χ1v) is 12.4. The molecule has 0 unspecified atom stereocenters. The molecule has 3 amide bonds. The van der Waals surface area contributed by atoms with Gasteiger partial charge in [-0.1, -0.05) is 73.8 Å². The van der Waals surface area contributed by atoms with Gasteiger partial charge in [0.25, 0.3) is 23.4 Å². The van der Waals surface area contributed by atoms with E-state index in [4.69, 9.17) is 11.6 Å². The number of nitro benzene ring substituents is 1. The van der Waals surface area contributed by atoms with Crippen LogP contribution in [0.3, 0.4) is 0 Å². The molecule has 0 spiro atoms. The molecule has 1 aliphatic carbocycles. The van der Waals surface area contributed by atoms with Crippen LogP contribution in [0.25, 0.3) is 0 Å². The molecule has 1 saturated carbocycles. The lowest BCUT2D eigenvalue weighted by Crippen LogP contribution is -2.50. The maximum atomic E-state index is 13.6. The SMILES string of the molecule is O=C(c1ccccc1[N+](=O)[O-])N(Cc1ccccc1Cl)N1C(=O)[C@H]2C[C@@H](Br)[C@@H](Br)C[C@H]2C1=O. The summed E-state index contributed by atoms with van der Waals surface area (Å²) >= 11 is 13.4. The molecule has 33 heavy (non-hydrogen) atoms. The number of nitrogens with zero attached hydrogens (tertiary/aromatic N) is 3. The first-order valence-electron chi connectivity index (χ1n) is 10.1. The highest BCUT2D eigenvalue weighted by Gasteiger charge is 2.54. The number of para-hydroxylation sites is 1. The van der Waals surface area contributed by atoms with Crippen LogP contribution in [-0.4, -0.2) is 42.3 Å². The number of hydrogen-bond acceptors (Lipinski definition) is 5. The molecular formula is C22H18Br2ClN3O5. The van der Waals surface area contributed by atoms with Crippen LogP contribution in [0.1, 0.15) is 28.8 Å². The highest BCUT2D eigenvalue weighted by atomic mass is 79.9. The summed E-state index contributed by atoms with van der Waals surface area (Å²) in [7, 11) is 0. The molecule has 2 aromatic rings. The largest absolute Gasteiger partial charge is 0.282 e. The molecular weight excluding hydrogens is 582 g/mol. The summed E-state index contributed by atoms with van der Waals surface area (Å²) in [4.78, 5) is 51.2. The van der Waals surface area contributed by atoms with E-state index >= 15 is 0 Å². The Morgan fingerprint density at radius 3 is 2.15 bits per heavy atom. The number of imide groups is 1. The van der Waals surface area contributed by atoms with Crippen LogP contribution >= 0.6 is 43.5 Å². The van der Waals surface area contributed by atoms with E-state index in [1.165, 1.54) is 24.3 Å². The minimum Gasteiger partial charge on any atom is -0.272 e. The fraction of sp³-hybridized carbons (Fsp3) is 0.318. The van der Waals surface area contributed by atoms with Gasteiger partial charge in [-0.25, -0.2) is 5.01 Å². The summed E-state index contributed by atoms with van der Waals surface area (Å²) in [5.74, 6) is -2.97. The van der Waals surface area contributed by atoms with Crippen LogP contribution in [0.2, 0.25) is 5.02 Å². The summed E-state index contributed by atoms with van der Waals surface area (Å²) in [6.07, 6.45) is 0.864. The molecule has 0 aromatic heterocycles. The van der Waals surface area contributed by atoms with Crippen LogP contribution in [0.4, 0.5) is 5.69 Å². The number of fused-ring (bicyclic) bond motifs is 1. The molecule has 0 radical (unpaired) electrons. The van der Waals surface area contributed by atoms with E-state index < -0.39 is 40.2 Å². The molecule has 4 rings (SSSR count). The fourth-order valence-corrected chi connectivity index (χ4v) is 5.72. The van der Waals surface area contributed by atoms with Crippen molar-refractivity contribution in [1.82, 2.24) is 10.0 Å². The van der Waals surface area contributed by atoms with Crippen molar-refractivity contribution in [2.45, 2.75) is 29.0 Å². The number of benzene rings is 2. The summed E-state index contributed by atoms with van der Waals surface area (Å²) in [6, 6.07) is 12.2. The summed E-state index contributed by atoms with van der Waals surface area (Å²) in [6.45, 7) is -0.197. The number of carbonyl (C=O) groups is 3. The van der Waals surface area contributed by atoms with Crippen molar-refractivity contribution in [3.63, 3.8) is 0 Å². The number of hydrazine groups is 1. The molecule has 1 aliphatic heterocycles. The number of halogens is 3. The first-order chi connectivity index (χ1) is 15.7. The van der Waals surface area contributed by atoms with E-state index in [0.717, 1.165) is 10.0 Å². The highest BCUT2D eigenvalue weighted by Crippen LogP contribution is 2.44. The second kappa shape index (κ2) is 9.52. The topological polar surface area (TPSA) is 101 Å². The van der Waals surface area contributed by atoms with Crippen molar-refractivity contribution in [3.05, 3.63) is 74.8 Å². The van der Waals surface area contributed by atoms with Gasteiger partial charge < -0.3 is 0 Å². The van der Waals surface area contributed by atoms with Crippen molar-refractivity contribution in [1.29, 1.82) is 0 Å². The molecule has 1 heterocycles. The van der Waals surface area contributed by atoms with E-state index in [2.05, 4.69) is 31.9 Å². The van der Waals surface area contributed by atoms with Gasteiger partial charge in [-0.15, -0.1) is 0 Å². The molecule has 172 valence electrons. The Hall–Kier alpha value is -2.30. The number of carbonyl (C=O) groups excluding carboxylic acids is 3. The summed E-state index contributed by atoms with van der Waals surface area (Å²) in [5, 5.41) is 13.7. The third-order valence-corrected chi connectivity index (χ3v) is 9.08. The predicted octanol–water partition coefficient (Wildman–Crippen LogP) is 4.73. The second-order valence-corrected chi connectivity index (χ2v) is 10.7. The Morgan fingerprint density at radius 1 is 1.03 bits per heavy atom. The quantitative estimate of drug-likeness (QED) is 0.214. The average molecular weight is 600 g/mol. The Kier molecular flexibility index (Phi) is 6.88. The molecule has 11 heteroatoms. The minimum atomic E-state index is -0.826. The first kappa shape index (κ1) is 23.8. The molecule has 1 saturated heterocycles. The zero-order chi connectivity index (χ0) is 23.9. The van der Waals surface area contributed by atoms with Gasteiger partial charge in [-0.05, 0) is 30.5 Å². The van der Waals surface area contributed by atoms with Gasteiger partial charge in [0.15, 0.2) is 0 Å². The van der Waals surface area contributed by atoms with Gasteiger partial charge in [-0.2, -0.15) is 5.01 Å². The van der Waals surface area contributed by atoms with Crippen molar-refractivity contribution in [2.24, 2.45) is 11.8 Å². The molecule has 8 nitrogen and oxygen atoms in total.